The summed E-state index contributed by atoms with van der Waals surface area (Å²) < 4.78 is 12.6. The van der Waals surface area contributed by atoms with Gasteiger partial charge in [0, 0.05) is 18.8 Å². The van der Waals surface area contributed by atoms with E-state index in [1.165, 1.54) is 12.1 Å². The molecule has 5 heteroatoms. The van der Waals surface area contributed by atoms with Crippen LogP contribution in [0.3, 0.4) is 0 Å². The molecule has 1 aromatic carbocycles. The maximum atomic E-state index is 12.6. The maximum Gasteiger partial charge on any atom is 0.240 e. The zero-order valence-electron chi connectivity index (χ0n) is 8.07. The van der Waals surface area contributed by atoms with Crippen LogP contribution in [0.15, 0.2) is 24.3 Å². The molecule has 0 unspecified atom stereocenters. The Morgan fingerprint density at radius 1 is 1.27 bits per heavy atom. The van der Waals surface area contributed by atoms with Crippen LogP contribution in [0, 0.1) is 5.82 Å². The molecule has 1 N–H and O–H groups in total. The van der Waals surface area contributed by atoms with Crippen LogP contribution in [0.5, 0.6) is 0 Å². The summed E-state index contributed by atoms with van der Waals surface area (Å²) in [4.78, 5) is 13.1. The first-order valence-electron chi connectivity index (χ1n) is 4.54. The van der Waals surface area contributed by atoms with E-state index in [9.17, 15) is 9.18 Å². The first kappa shape index (κ1) is 11.9. The molecule has 0 radical (unpaired) electrons. The number of rotatable bonds is 1. The molecule has 1 aliphatic heterocycles. The fourth-order valence-electron chi connectivity index (χ4n) is 1.50. The van der Waals surface area contributed by atoms with Crippen molar-refractivity contribution in [2.45, 2.75) is 0 Å². The van der Waals surface area contributed by atoms with E-state index in [4.69, 9.17) is 0 Å². The summed E-state index contributed by atoms with van der Waals surface area (Å²) in [6, 6.07) is 5.98. The van der Waals surface area contributed by atoms with Crippen molar-refractivity contribution in [1.82, 2.24) is 5.32 Å². The third-order valence-electron chi connectivity index (χ3n) is 2.23. The highest BCUT2D eigenvalue weighted by Gasteiger charge is 2.18. The normalized spacial score (nSPS) is 16.1. The largest absolute Gasteiger partial charge is 0.310 e. The molecular weight excluding hydrogens is 219 g/mol. The molecule has 1 fully saturated rings. The number of nitrogens with zero attached hydrogens (tertiary/aromatic N) is 1. The Morgan fingerprint density at radius 2 is 1.93 bits per heavy atom. The minimum absolute atomic E-state index is 0. The van der Waals surface area contributed by atoms with Crippen LogP contribution in [0.1, 0.15) is 0 Å². The van der Waals surface area contributed by atoms with Crippen molar-refractivity contribution in [2.24, 2.45) is 0 Å². The van der Waals surface area contributed by atoms with E-state index < -0.39 is 0 Å². The lowest BCUT2D eigenvalue weighted by atomic mass is 10.2. The molecule has 0 aromatic heterocycles. The molecule has 1 amide bonds. The van der Waals surface area contributed by atoms with E-state index in [0.717, 1.165) is 12.2 Å². The van der Waals surface area contributed by atoms with E-state index >= 15 is 0 Å². The third kappa shape index (κ3) is 2.67. The average molecular weight is 231 g/mol. The third-order valence-corrected chi connectivity index (χ3v) is 2.23. The monoisotopic (exact) mass is 230 g/mol. The fraction of sp³-hybridized carbons (Fsp3) is 0.300. The van der Waals surface area contributed by atoms with Gasteiger partial charge in [0.1, 0.15) is 5.82 Å². The van der Waals surface area contributed by atoms with Crippen molar-refractivity contribution < 1.29 is 9.18 Å². The van der Waals surface area contributed by atoms with E-state index in [1.54, 1.807) is 17.0 Å². The van der Waals surface area contributed by atoms with Crippen LogP contribution in [-0.4, -0.2) is 25.5 Å². The topological polar surface area (TPSA) is 32.3 Å². The second kappa shape index (κ2) is 5.09. The van der Waals surface area contributed by atoms with E-state index in [-0.39, 0.29) is 24.1 Å². The molecule has 0 saturated carbocycles. The molecule has 1 aliphatic rings. The molecule has 0 bridgehead atoms. The van der Waals surface area contributed by atoms with Gasteiger partial charge in [-0.15, -0.1) is 12.4 Å². The second-order valence-corrected chi connectivity index (χ2v) is 3.20. The number of benzene rings is 1. The number of halogens is 2. The highest BCUT2D eigenvalue weighted by molar-refractivity contribution is 5.95. The quantitative estimate of drug-likeness (QED) is 0.786. The van der Waals surface area contributed by atoms with Gasteiger partial charge in [0.25, 0.3) is 0 Å². The molecule has 0 aliphatic carbocycles. The van der Waals surface area contributed by atoms with Gasteiger partial charge >= 0.3 is 0 Å². The summed E-state index contributed by atoms with van der Waals surface area (Å²) in [7, 11) is 0. The Morgan fingerprint density at radius 3 is 2.53 bits per heavy atom. The van der Waals surface area contributed by atoms with Gasteiger partial charge in [-0.25, -0.2) is 4.39 Å². The predicted octanol–water partition coefficient (Wildman–Crippen LogP) is 1.18. The SMILES string of the molecule is Cl.O=C1CNCCN1c1ccc(F)cc1. The molecule has 3 nitrogen and oxygen atoms in total. The highest BCUT2D eigenvalue weighted by Crippen LogP contribution is 2.15. The van der Waals surface area contributed by atoms with Gasteiger partial charge in [-0.3, -0.25) is 4.79 Å². The van der Waals surface area contributed by atoms with Crippen molar-refractivity contribution in [3.8, 4) is 0 Å². The Labute approximate surface area is 93.7 Å². The number of anilines is 1. The number of amides is 1. The van der Waals surface area contributed by atoms with Crippen LogP contribution in [0.4, 0.5) is 10.1 Å². The number of carbonyl (C=O) groups is 1. The van der Waals surface area contributed by atoms with Crippen molar-refractivity contribution in [3.63, 3.8) is 0 Å². The Kier molecular flexibility index (Phi) is 4.05. The van der Waals surface area contributed by atoms with Crippen molar-refractivity contribution >= 4 is 24.0 Å². The van der Waals surface area contributed by atoms with E-state index in [2.05, 4.69) is 5.32 Å². The number of hydrogen-bond donors (Lipinski definition) is 1. The summed E-state index contributed by atoms with van der Waals surface area (Å²) in [6.07, 6.45) is 0. The molecule has 0 atom stereocenters. The summed E-state index contributed by atoms with van der Waals surface area (Å²) in [5.41, 5.74) is 0.762. The lowest BCUT2D eigenvalue weighted by Crippen LogP contribution is -2.48. The first-order valence-corrected chi connectivity index (χ1v) is 4.54. The summed E-state index contributed by atoms with van der Waals surface area (Å²) in [6.45, 7) is 1.78. The van der Waals surface area contributed by atoms with Crippen LogP contribution in [-0.2, 0) is 4.79 Å². The molecular formula is C10H12ClFN2O. The fourth-order valence-corrected chi connectivity index (χ4v) is 1.50. The van der Waals surface area contributed by atoms with Gasteiger partial charge in [-0.05, 0) is 24.3 Å². The van der Waals surface area contributed by atoms with Gasteiger partial charge in [-0.2, -0.15) is 0 Å². The maximum absolute atomic E-state index is 12.6. The Hall–Kier alpha value is -1.13. The highest BCUT2D eigenvalue weighted by atomic mass is 35.5. The molecule has 1 saturated heterocycles. The predicted molar refractivity (Wildman–Crippen MR) is 58.9 cm³/mol. The summed E-state index contributed by atoms with van der Waals surface area (Å²) in [5.74, 6) is -0.251. The van der Waals surface area contributed by atoms with Gasteiger partial charge < -0.3 is 10.2 Å². The number of carbonyl (C=O) groups excluding carboxylic acids is 1. The average Bonchev–Trinajstić information content (AvgIpc) is 2.20. The molecule has 2 rings (SSSR count). The summed E-state index contributed by atoms with van der Waals surface area (Å²) >= 11 is 0. The lowest BCUT2D eigenvalue weighted by Gasteiger charge is -2.27. The van der Waals surface area contributed by atoms with Crippen LogP contribution in [0.2, 0.25) is 0 Å². The Bertz CT molecular complexity index is 342. The van der Waals surface area contributed by atoms with Gasteiger partial charge in [0.05, 0.1) is 6.54 Å². The minimum atomic E-state index is -0.281. The molecule has 15 heavy (non-hydrogen) atoms. The minimum Gasteiger partial charge on any atom is -0.310 e. The zero-order valence-corrected chi connectivity index (χ0v) is 8.89. The molecule has 1 heterocycles. The number of piperazine rings is 1. The van der Waals surface area contributed by atoms with Gasteiger partial charge in [0.2, 0.25) is 5.91 Å². The van der Waals surface area contributed by atoms with Gasteiger partial charge in [-0.1, -0.05) is 0 Å². The van der Waals surface area contributed by atoms with Gasteiger partial charge in [0.15, 0.2) is 0 Å². The molecule has 0 spiro atoms. The number of nitrogens with one attached hydrogen (secondary N) is 1. The lowest BCUT2D eigenvalue weighted by molar-refractivity contribution is -0.118. The van der Waals surface area contributed by atoms with Crippen molar-refractivity contribution in [1.29, 1.82) is 0 Å². The van der Waals surface area contributed by atoms with Crippen LogP contribution in [0.25, 0.3) is 0 Å². The summed E-state index contributed by atoms with van der Waals surface area (Å²) in [5, 5.41) is 2.98. The van der Waals surface area contributed by atoms with Crippen LogP contribution >= 0.6 is 12.4 Å². The smallest absolute Gasteiger partial charge is 0.240 e. The van der Waals surface area contributed by atoms with E-state index in [1.807, 2.05) is 0 Å². The Balaban J connectivity index is 0.00000112. The van der Waals surface area contributed by atoms with Crippen molar-refractivity contribution in [3.05, 3.63) is 30.1 Å². The zero-order chi connectivity index (χ0) is 9.97. The molecule has 1 aromatic rings. The first-order chi connectivity index (χ1) is 6.77. The number of hydrogen-bond acceptors (Lipinski definition) is 2. The van der Waals surface area contributed by atoms with Crippen LogP contribution < -0.4 is 10.2 Å². The van der Waals surface area contributed by atoms with E-state index in [0.29, 0.717) is 13.1 Å². The van der Waals surface area contributed by atoms with Crippen molar-refractivity contribution in [2.75, 3.05) is 24.5 Å². The second-order valence-electron chi connectivity index (χ2n) is 3.20. The standard InChI is InChI=1S/C10H11FN2O.ClH/c11-8-1-3-9(4-2-8)13-6-5-12-7-10(13)14;/h1-4,12H,5-7H2;1H. The molecule has 82 valence electrons.